The topological polar surface area (TPSA) is 74.6 Å². The number of piperidine rings is 1. The molecule has 1 unspecified atom stereocenters. The summed E-state index contributed by atoms with van der Waals surface area (Å²) in [5, 5.41) is 5.89. The Kier molecular flexibility index (Phi) is 8.12. The van der Waals surface area contributed by atoms with Gasteiger partial charge in [-0.2, -0.15) is 0 Å². The number of nitrogens with one attached hydrogen (secondary N) is 2. The third-order valence-electron chi connectivity index (χ3n) is 4.23. The third kappa shape index (κ3) is 5.55. The van der Waals surface area contributed by atoms with Crippen molar-refractivity contribution in [3.05, 3.63) is 24.2 Å². The number of amides is 2. The SMILES string of the molecule is CNCCC1CCN(C(=O)C(C)NC(=O)c2ccoc2)CC1.Cl. The first-order valence-electron chi connectivity index (χ1n) is 7.88. The first-order chi connectivity index (χ1) is 10.6. The average Bonchev–Trinajstić information content (AvgIpc) is 3.07. The molecule has 2 N–H and O–H groups in total. The van der Waals surface area contributed by atoms with Gasteiger partial charge < -0.3 is 20.0 Å². The highest BCUT2D eigenvalue weighted by atomic mass is 35.5. The Morgan fingerprint density at radius 3 is 2.65 bits per heavy atom. The molecule has 0 bridgehead atoms. The maximum Gasteiger partial charge on any atom is 0.255 e. The number of rotatable bonds is 6. The van der Waals surface area contributed by atoms with Gasteiger partial charge in [-0.1, -0.05) is 0 Å². The van der Waals surface area contributed by atoms with Crippen molar-refractivity contribution in [1.29, 1.82) is 0 Å². The van der Waals surface area contributed by atoms with E-state index in [1.807, 2.05) is 11.9 Å². The second-order valence-electron chi connectivity index (χ2n) is 5.87. The summed E-state index contributed by atoms with van der Waals surface area (Å²) in [5.74, 6) is 0.398. The monoisotopic (exact) mass is 343 g/mol. The fourth-order valence-electron chi connectivity index (χ4n) is 2.80. The first kappa shape index (κ1) is 19.5. The van der Waals surface area contributed by atoms with Crippen LogP contribution in [0.1, 0.15) is 36.5 Å². The van der Waals surface area contributed by atoms with E-state index in [0.29, 0.717) is 11.5 Å². The fourth-order valence-corrected chi connectivity index (χ4v) is 2.80. The van der Waals surface area contributed by atoms with Crippen LogP contribution in [0.15, 0.2) is 23.0 Å². The molecule has 1 saturated heterocycles. The van der Waals surface area contributed by atoms with Gasteiger partial charge in [0.2, 0.25) is 5.91 Å². The van der Waals surface area contributed by atoms with Crippen molar-refractivity contribution in [2.75, 3.05) is 26.7 Å². The molecule has 23 heavy (non-hydrogen) atoms. The van der Waals surface area contributed by atoms with Crippen LogP contribution >= 0.6 is 12.4 Å². The van der Waals surface area contributed by atoms with Crippen LogP contribution in [0.5, 0.6) is 0 Å². The van der Waals surface area contributed by atoms with Crippen LogP contribution in [0.3, 0.4) is 0 Å². The zero-order valence-electron chi connectivity index (χ0n) is 13.7. The van der Waals surface area contributed by atoms with Crippen molar-refractivity contribution in [1.82, 2.24) is 15.5 Å². The molecule has 7 heteroatoms. The van der Waals surface area contributed by atoms with Crippen LogP contribution in [-0.2, 0) is 4.79 Å². The lowest BCUT2D eigenvalue weighted by Crippen LogP contribution is -2.49. The second kappa shape index (κ2) is 9.57. The Bertz CT molecular complexity index is 485. The largest absolute Gasteiger partial charge is 0.472 e. The zero-order valence-corrected chi connectivity index (χ0v) is 14.5. The number of hydrogen-bond donors (Lipinski definition) is 2. The van der Waals surface area contributed by atoms with Gasteiger partial charge in [0.05, 0.1) is 11.8 Å². The van der Waals surface area contributed by atoms with E-state index in [-0.39, 0.29) is 24.2 Å². The fraction of sp³-hybridized carbons (Fsp3) is 0.625. The van der Waals surface area contributed by atoms with Gasteiger partial charge in [0.25, 0.3) is 5.91 Å². The summed E-state index contributed by atoms with van der Waals surface area (Å²) in [6.07, 6.45) is 6.05. The summed E-state index contributed by atoms with van der Waals surface area (Å²) >= 11 is 0. The smallest absolute Gasteiger partial charge is 0.255 e. The minimum absolute atomic E-state index is 0. The number of nitrogens with zero attached hydrogens (tertiary/aromatic N) is 1. The quantitative estimate of drug-likeness (QED) is 0.824. The summed E-state index contributed by atoms with van der Waals surface area (Å²) in [7, 11) is 1.96. The predicted octanol–water partition coefficient (Wildman–Crippen LogP) is 1.67. The molecule has 1 aromatic heterocycles. The highest BCUT2D eigenvalue weighted by molar-refractivity contribution is 5.97. The normalized spacial score (nSPS) is 16.5. The van der Waals surface area contributed by atoms with Gasteiger partial charge in [0, 0.05) is 13.1 Å². The molecular formula is C16H26ClN3O3. The van der Waals surface area contributed by atoms with Crippen LogP contribution < -0.4 is 10.6 Å². The number of halogens is 1. The molecule has 130 valence electrons. The van der Waals surface area contributed by atoms with Gasteiger partial charge in [0.1, 0.15) is 12.3 Å². The summed E-state index contributed by atoms with van der Waals surface area (Å²) in [6.45, 7) is 4.31. The van der Waals surface area contributed by atoms with Crippen molar-refractivity contribution in [3.63, 3.8) is 0 Å². The van der Waals surface area contributed by atoms with E-state index < -0.39 is 6.04 Å². The Morgan fingerprint density at radius 1 is 1.39 bits per heavy atom. The van der Waals surface area contributed by atoms with Crippen LogP contribution in [0.4, 0.5) is 0 Å². The molecule has 0 saturated carbocycles. The molecule has 6 nitrogen and oxygen atoms in total. The highest BCUT2D eigenvalue weighted by Crippen LogP contribution is 2.20. The molecule has 0 spiro atoms. The van der Waals surface area contributed by atoms with Crippen LogP contribution in [0, 0.1) is 5.92 Å². The molecule has 1 aromatic rings. The molecule has 2 amide bonds. The Balaban J connectivity index is 0.00000264. The zero-order chi connectivity index (χ0) is 15.9. The van der Waals surface area contributed by atoms with Gasteiger partial charge in [-0.25, -0.2) is 0 Å². The van der Waals surface area contributed by atoms with Gasteiger partial charge in [-0.05, 0) is 51.8 Å². The maximum absolute atomic E-state index is 12.4. The molecule has 1 atom stereocenters. The van der Waals surface area contributed by atoms with Crippen molar-refractivity contribution in [2.24, 2.45) is 5.92 Å². The molecule has 2 rings (SSSR count). The van der Waals surface area contributed by atoms with E-state index in [4.69, 9.17) is 4.42 Å². The molecule has 0 aromatic carbocycles. The number of hydrogen-bond acceptors (Lipinski definition) is 4. The molecule has 0 aliphatic carbocycles. The van der Waals surface area contributed by atoms with E-state index in [1.165, 1.54) is 12.5 Å². The Labute approximate surface area is 143 Å². The number of carbonyl (C=O) groups is 2. The standard InChI is InChI=1S/C16H25N3O3.ClH/c1-12(18-15(20)14-6-10-22-11-14)16(21)19-8-4-13(5-9-19)3-7-17-2;/h6,10-13,17H,3-5,7-9H2,1-2H3,(H,18,20);1H. The minimum Gasteiger partial charge on any atom is -0.472 e. The molecule has 1 aliphatic rings. The van der Waals surface area contributed by atoms with E-state index in [9.17, 15) is 9.59 Å². The molecule has 0 radical (unpaired) electrons. The van der Waals surface area contributed by atoms with Crippen molar-refractivity contribution >= 4 is 24.2 Å². The van der Waals surface area contributed by atoms with Gasteiger partial charge in [-0.3, -0.25) is 9.59 Å². The van der Waals surface area contributed by atoms with E-state index in [0.717, 1.165) is 38.9 Å². The van der Waals surface area contributed by atoms with E-state index >= 15 is 0 Å². The molecule has 1 fully saturated rings. The van der Waals surface area contributed by atoms with Crippen molar-refractivity contribution in [3.8, 4) is 0 Å². The third-order valence-corrected chi connectivity index (χ3v) is 4.23. The first-order valence-corrected chi connectivity index (χ1v) is 7.88. The van der Waals surface area contributed by atoms with Crippen molar-refractivity contribution in [2.45, 2.75) is 32.2 Å². The number of furan rings is 1. The van der Waals surface area contributed by atoms with Crippen molar-refractivity contribution < 1.29 is 14.0 Å². The van der Waals surface area contributed by atoms with Crippen LogP contribution in [0.25, 0.3) is 0 Å². The van der Waals surface area contributed by atoms with Gasteiger partial charge >= 0.3 is 0 Å². The number of carbonyl (C=O) groups excluding carboxylic acids is 2. The minimum atomic E-state index is -0.517. The average molecular weight is 344 g/mol. The van der Waals surface area contributed by atoms with Crippen LogP contribution in [-0.4, -0.2) is 49.4 Å². The van der Waals surface area contributed by atoms with Gasteiger partial charge in [-0.15, -0.1) is 12.4 Å². The van der Waals surface area contributed by atoms with E-state index in [2.05, 4.69) is 10.6 Å². The van der Waals surface area contributed by atoms with Gasteiger partial charge in [0.15, 0.2) is 0 Å². The lowest BCUT2D eigenvalue weighted by atomic mass is 9.93. The molecule has 2 heterocycles. The highest BCUT2D eigenvalue weighted by Gasteiger charge is 2.26. The maximum atomic E-state index is 12.4. The molecule has 1 aliphatic heterocycles. The lowest BCUT2D eigenvalue weighted by Gasteiger charge is -2.33. The summed E-state index contributed by atoms with van der Waals surface area (Å²) in [5.41, 5.74) is 0.436. The second-order valence-corrected chi connectivity index (χ2v) is 5.87. The predicted molar refractivity (Wildman–Crippen MR) is 90.7 cm³/mol. The van der Waals surface area contributed by atoms with Crippen LogP contribution in [0.2, 0.25) is 0 Å². The molecular weight excluding hydrogens is 318 g/mol. The summed E-state index contributed by atoms with van der Waals surface area (Å²) in [4.78, 5) is 26.2. The lowest BCUT2D eigenvalue weighted by molar-refractivity contribution is -0.134. The summed E-state index contributed by atoms with van der Waals surface area (Å²) < 4.78 is 4.88. The Morgan fingerprint density at radius 2 is 2.09 bits per heavy atom. The summed E-state index contributed by atoms with van der Waals surface area (Å²) in [6, 6.07) is 1.07. The van der Waals surface area contributed by atoms with E-state index in [1.54, 1.807) is 13.0 Å². The number of likely N-dealkylation sites (tertiary alicyclic amines) is 1. The Hall–Kier alpha value is -1.53.